The van der Waals surface area contributed by atoms with E-state index in [1.54, 1.807) is 0 Å². The van der Waals surface area contributed by atoms with Crippen LogP contribution in [0, 0.1) is 27.7 Å². The molecule has 12 aromatic carbocycles. The van der Waals surface area contributed by atoms with Crippen LogP contribution in [0.5, 0.6) is 0 Å². The van der Waals surface area contributed by atoms with Crippen LogP contribution in [0.3, 0.4) is 0 Å². The molecule has 0 saturated carbocycles. The molecule has 12 rings (SSSR count). The molecule has 0 saturated heterocycles. The topological polar surface area (TPSA) is 0 Å². The minimum atomic E-state index is -0.493. The van der Waals surface area contributed by atoms with Crippen molar-refractivity contribution >= 4 is 90.8 Å². The van der Waals surface area contributed by atoms with Gasteiger partial charge in [-0.2, -0.15) is 36.4 Å². The zero-order valence-corrected chi connectivity index (χ0v) is 46.3. The third kappa shape index (κ3) is 13.3. The molecule has 0 aliphatic rings. The van der Waals surface area contributed by atoms with E-state index in [1.807, 2.05) is 0 Å². The van der Waals surface area contributed by atoms with Gasteiger partial charge in [0, 0.05) is 0 Å². The first-order valence-corrected chi connectivity index (χ1v) is 25.4. The van der Waals surface area contributed by atoms with Crippen LogP contribution in [0.2, 0.25) is 0 Å². The van der Waals surface area contributed by atoms with Crippen molar-refractivity contribution in [2.45, 2.75) is 27.7 Å². The van der Waals surface area contributed by atoms with Crippen molar-refractivity contribution in [1.82, 2.24) is 0 Å². The second kappa shape index (κ2) is 27.0. The molecule has 0 nitrogen and oxygen atoms in total. The Kier molecular flexibility index (Phi) is 21.6. The molecule has 12 aromatic rings. The first kappa shape index (κ1) is 56.0. The maximum atomic E-state index is 2.35. The molecule has 0 unspecified atom stereocenters. The molecule has 0 aliphatic carbocycles. The van der Waals surface area contributed by atoms with Gasteiger partial charge in [0.1, 0.15) is 0 Å². The van der Waals surface area contributed by atoms with Crippen molar-refractivity contribution in [3.8, 4) is 0 Å². The molecular weight excluding hydrogens is 997 g/mol. The van der Waals surface area contributed by atoms with Crippen LogP contribution in [0.1, 0.15) is 22.3 Å². The monoisotopic (exact) mass is 1050 g/mol. The van der Waals surface area contributed by atoms with Crippen molar-refractivity contribution < 1.29 is 68.2 Å². The number of hydrogen-bond donors (Lipinski definition) is 0. The second-order valence-electron chi connectivity index (χ2n) is 16.8. The van der Waals surface area contributed by atoms with Crippen LogP contribution < -0.4 is 56.6 Å². The van der Waals surface area contributed by atoms with E-state index >= 15 is 0 Å². The minimum absolute atomic E-state index is 0. The molecule has 0 fully saturated rings. The number of hydrogen-bond acceptors (Lipinski definition) is 0. The Morgan fingerprint density at radius 2 is 0.600 bits per heavy atom. The van der Waals surface area contributed by atoms with E-state index in [9.17, 15) is 0 Å². The van der Waals surface area contributed by atoms with E-state index in [0.29, 0.717) is 0 Å². The SMILES string of the molecule is Cc1ccc(C)c2[cH-]ccc12.Cc1ccc(C)c2[cH-]ccc12.[Cl-].[Cl-].[Ti+2].[Ti+2].c1ccc(P(c2ccccc2)c2cc3ccccc3[cH-]2)cc1.c1ccc(P(c2ccccc2)c2cc3ccccc3[cH-]2)cc1. The molecule has 0 heterocycles. The van der Waals surface area contributed by atoms with E-state index < -0.39 is 15.8 Å². The van der Waals surface area contributed by atoms with Crippen molar-refractivity contribution in [3.05, 3.63) is 277 Å². The number of aryl methyl sites for hydroxylation is 4. The van der Waals surface area contributed by atoms with E-state index in [-0.39, 0.29) is 68.2 Å². The van der Waals surface area contributed by atoms with E-state index in [1.165, 1.54) is 97.2 Å². The third-order valence-electron chi connectivity index (χ3n) is 12.3. The Balaban J connectivity index is 0.000000179. The van der Waals surface area contributed by atoms with Gasteiger partial charge in [-0.15, -0.1) is 138 Å². The summed E-state index contributed by atoms with van der Waals surface area (Å²) in [6.07, 6.45) is 0. The second-order valence-corrected chi connectivity index (χ2v) is 21.2. The average molecular weight is 1050 g/mol. The minimum Gasteiger partial charge on any atom is -1.00 e. The van der Waals surface area contributed by atoms with E-state index in [4.69, 9.17) is 0 Å². The zero-order valence-electron chi connectivity index (χ0n) is 39.9. The Morgan fingerprint density at radius 1 is 0.314 bits per heavy atom. The molecular formula is C64H54Cl2P2Ti2-2. The maximum Gasteiger partial charge on any atom is 2.00 e. The van der Waals surface area contributed by atoms with Crippen LogP contribution in [-0.4, -0.2) is 0 Å². The summed E-state index contributed by atoms with van der Waals surface area (Å²) in [4.78, 5) is 0. The van der Waals surface area contributed by atoms with Crippen LogP contribution >= 0.6 is 15.8 Å². The van der Waals surface area contributed by atoms with Gasteiger partial charge in [-0.25, -0.2) is 0 Å². The first-order valence-electron chi connectivity index (χ1n) is 22.8. The number of rotatable bonds is 6. The molecule has 6 heteroatoms. The van der Waals surface area contributed by atoms with Gasteiger partial charge < -0.3 is 24.8 Å². The Labute approximate surface area is 459 Å². The average Bonchev–Trinajstić information content (AvgIpc) is 4.21. The fourth-order valence-corrected chi connectivity index (χ4v) is 13.5. The molecule has 344 valence electrons. The Bertz CT molecular complexity index is 2980. The molecule has 0 radical (unpaired) electrons. The molecule has 0 atom stereocenters. The summed E-state index contributed by atoms with van der Waals surface area (Å²) in [5, 5.41) is 19.4. The zero-order chi connectivity index (χ0) is 45.2. The van der Waals surface area contributed by atoms with Gasteiger partial charge >= 0.3 is 43.4 Å². The van der Waals surface area contributed by atoms with E-state index in [2.05, 4.69) is 282 Å². The summed E-state index contributed by atoms with van der Waals surface area (Å²) in [6, 6.07) is 91.7. The van der Waals surface area contributed by atoms with E-state index in [0.717, 1.165) is 0 Å². The van der Waals surface area contributed by atoms with Crippen molar-refractivity contribution in [2.75, 3.05) is 0 Å². The van der Waals surface area contributed by atoms with Gasteiger partial charge in [-0.1, -0.05) is 171 Å². The normalized spacial score (nSPS) is 10.4. The van der Waals surface area contributed by atoms with Gasteiger partial charge in [0.2, 0.25) is 0 Å². The number of benzene rings is 8. The standard InChI is InChI=1S/2C21H16P.2C11H11.2ClH.2Ti/c2*1-3-11-19(12-4-1)22(20-13-5-2-6-14-20)21-15-17-9-7-8-10-18(17)16-21;2*1-8-6-7-9(2)11-5-3-4-10(8)11;;;;/h2*1-16H;2*3-7H,1-2H3;2*1H;;/q4*-1;;;2*+2/p-2. The summed E-state index contributed by atoms with van der Waals surface area (Å²) in [7, 11) is -0.986. The first-order chi connectivity index (χ1) is 32.4. The largest absolute Gasteiger partial charge is 2.00 e. The molecule has 0 aliphatic heterocycles. The summed E-state index contributed by atoms with van der Waals surface area (Å²) < 4.78 is 0. The van der Waals surface area contributed by atoms with Crippen molar-refractivity contribution in [1.29, 1.82) is 0 Å². The maximum absolute atomic E-state index is 2.35. The summed E-state index contributed by atoms with van der Waals surface area (Å²) in [6.45, 7) is 8.62. The van der Waals surface area contributed by atoms with Crippen molar-refractivity contribution in [3.63, 3.8) is 0 Å². The molecule has 70 heavy (non-hydrogen) atoms. The quantitative estimate of drug-likeness (QED) is 0.0888. The molecule has 0 spiro atoms. The number of fused-ring (bicyclic) bond motifs is 4. The molecule has 0 bridgehead atoms. The molecule has 0 aromatic heterocycles. The fourth-order valence-electron chi connectivity index (χ4n) is 8.80. The Morgan fingerprint density at radius 3 is 0.900 bits per heavy atom. The third-order valence-corrected chi connectivity index (χ3v) is 17.1. The number of halogens is 2. The predicted octanol–water partition coefficient (Wildman–Crippen LogP) is 8.99. The predicted molar refractivity (Wildman–Crippen MR) is 295 cm³/mol. The van der Waals surface area contributed by atoms with Crippen LogP contribution in [-0.2, 0) is 43.4 Å². The fraction of sp³-hybridized carbons (Fsp3) is 0.0625. The van der Waals surface area contributed by atoms with Gasteiger partial charge in [-0.05, 0) is 50.9 Å². The molecule has 0 N–H and O–H groups in total. The van der Waals surface area contributed by atoms with Gasteiger partial charge in [-0.3, -0.25) is 0 Å². The van der Waals surface area contributed by atoms with Crippen molar-refractivity contribution in [2.24, 2.45) is 0 Å². The van der Waals surface area contributed by atoms with Gasteiger partial charge in [0.05, 0.1) is 0 Å². The Hall–Kier alpha value is -4.93. The van der Waals surface area contributed by atoms with Gasteiger partial charge in [0.15, 0.2) is 0 Å². The van der Waals surface area contributed by atoms with Crippen LogP contribution in [0.4, 0.5) is 0 Å². The van der Waals surface area contributed by atoms with Crippen LogP contribution in [0.15, 0.2) is 255 Å². The molecule has 0 amide bonds. The summed E-state index contributed by atoms with van der Waals surface area (Å²) in [5.41, 5.74) is 5.48. The van der Waals surface area contributed by atoms with Gasteiger partial charge in [0.25, 0.3) is 0 Å². The van der Waals surface area contributed by atoms with Crippen LogP contribution in [0.25, 0.3) is 43.1 Å². The summed E-state index contributed by atoms with van der Waals surface area (Å²) >= 11 is 0. The smallest absolute Gasteiger partial charge is 1.00 e. The summed E-state index contributed by atoms with van der Waals surface area (Å²) in [5.74, 6) is 0.